The number of hydrogen-bond donors (Lipinski definition) is 0. The Morgan fingerprint density at radius 1 is 1.56 bits per heavy atom. The van der Waals surface area contributed by atoms with Gasteiger partial charge in [0.1, 0.15) is 0 Å². The van der Waals surface area contributed by atoms with Crippen LogP contribution in [0.5, 0.6) is 0 Å². The molecule has 1 aromatic rings. The van der Waals surface area contributed by atoms with Gasteiger partial charge in [-0.05, 0) is 6.42 Å². The van der Waals surface area contributed by atoms with E-state index >= 15 is 0 Å². The van der Waals surface area contributed by atoms with Gasteiger partial charge < -0.3 is 0 Å². The van der Waals surface area contributed by atoms with Crippen LogP contribution in [0.15, 0.2) is 12.4 Å². The van der Waals surface area contributed by atoms with Gasteiger partial charge in [0, 0.05) is 12.1 Å². The van der Waals surface area contributed by atoms with Gasteiger partial charge in [-0.2, -0.15) is 18.3 Å². The highest BCUT2D eigenvalue weighted by molar-refractivity contribution is 5.80. The van der Waals surface area contributed by atoms with Crippen LogP contribution in [-0.2, 0) is 17.5 Å². The zero-order valence-corrected chi connectivity index (χ0v) is 9.08. The Morgan fingerprint density at radius 3 is 2.62 bits per heavy atom. The molecule has 1 aromatic heterocycles. The van der Waals surface area contributed by atoms with Crippen molar-refractivity contribution in [3.05, 3.63) is 18.0 Å². The summed E-state index contributed by atoms with van der Waals surface area (Å²) in [4.78, 5) is 11.5. The van der Waals surface area contributed by atoms with E-state index in [1.54, 1.807) is 6.92 Å². The van der Waals surface area contributed by atoms with Crippen molar-refractivity contribution in [1.82, 2.24) is 9.78 Å². The van der Waals surface area contributed by atoms with E-state index in [9.17, 15) is 18.0 Å². The first-order valence-corrected chi connectivity index (χ1v) is 4.97. The fourth-order valence-corrected chi connectivity index (χ4v) is 1.14. The number of halogens is 3. The number of carbonyl (C=O) groups excluding carboxylic acids is 1. The second-order valence-corrected chi connectivity index (χ2v) is 3.70. The van der Waals surface area contributed by atoms with E-state index in [2.05, 4.69) is 5.10 Å². The number of aromatic nitrogens is 2. The van der Waals surface area contributed by atoms with Crippen LogP contribution in [0.4, 0.5) is 13.2 Å². The number of carbonyl (C=O) groups is 1. The van der Waals surface area contributed by atoms with E-state index in [4.69, 9.17) is 0 Å². The number of hydrogen-bond acceptors (Lipinski definition) is 2. The normalized spacial score (nSPS) is 13.8. The molecule has 0 aliphatic carbocycles. The molecule has 0 amide bonds. The number of alkyl halides is 3. The number of ketones is 1. The maximum absolute atomic E-state index is 12.2. The predicted molar refractivity (Wildman–Crippen MR) is 51.7 cm³/mol. The fourth-order valence-electron chi connectivity index (χ4n) is 1.14. The lowest BCUT2D eigenvalue weighted by Crippen LogP contribution is -2.17. The third-order valence-corrected chi connectivity index (χ3v) is 2.44. The molecule has 1 unspecified atom stereocenters. The minimum atomic E-state index is -4.41. The maximum atomic E-state index is 12.2. The Balaban J connectivity index is 2.70. The Hall–Kier alpha value is -1.33. The summed E-state index contributed by atoms with van der Waals surface area (Å²) in [5.74, 6) is -0.266. The molecule has 16 heavy (non-hydrogen) atoms. The molecule has 0 bridgehead atoms. The molecule has 0 saturated carbocycles. The van der Waals surface area contributed by atoms with Gasteiger partial charge in [-0.3, -0.25) is 9.48 Å². The largest absolute Gasteiger partial charge is 0.419 e. The summed E-state index contributed by atoms with van der Waals surface area (Å²) in [5, 5.41) is 3.52. The van der Waals surface area contributed by atoms with Crippen LogP contribution in [0.3, 0.4) is 0 Å². The molecule has 0 aliphatic rings. The molecular weight excluding hydrogens is 221 g/mol. The Labute approximate surface area is 91.3 Å². The van der Waals surface area contributed by atoms with Crippen molar-refractivity contribution in [2.24, 2.45) is 5.92 Å². The van der Waals surface area contributed by atoms with Gasteiger partial charge in [0.2, 0.25) is 0 Å². The molecule has 0 spiro atoms. The molecule has 1 heterocycles. The molecule has 90 valence electrons. The van der Waals surface area contributed by atoms with Gasteiger partial charge in [-0.1, -0.05) is 13.8 Å². The average Bonchev–Trinajstić information content (AvgIpc) is 2.64. The van der Waals surface area contributed by atoms with Crippen molar-refractivity contribution < 1.29 is 18.0 Å². The topological polar surface area (TPSA) is 34.9 Å². The lowest BCUT2D eigenvalue weighted by Gasteiger charge is -2.06. The average molecular weight is 234 g/mol. The second-order valence-electron chi connectivity index (χ2n) is 3.70. The summed E-state index contributed by atoms with van der Waals surface area (Å²) in [6, 6.07) is 0. The quantitative estimate of drug-likeness (QED) is 0.802. The van der Waals surface area contributed by atoms with Crippen molar-refractivity contribution in [3.63, 3.8) is 0 Å². The number of Topliss-reactive ketones (excluding diaryl/α,β-unsaturated/α-hetero) is 1. The van der Waals surface area contributed by atoms with Crippen molar-refractivity contribution in [2.75, 3.05) is 0 Å². The zero-order valence-electron chi connectivity index (χ0n) is 9.08. The van der Waals surface area contributed by atoms with Crippen LogP contribution >= 0.6 is 0 Å². The van der Waals surface area contributed by atoms with Gasteiger partial charge in [0.25, 0.3) is 0 Å². The van der Waals surface area contributed by atoms with Crippen molar-refractivity contribution in [2.45, 2.75) is 33.0 Å². The van der Waals surface area contributed by atoms with Crippen LogP contribution in [0.1, 0.15) is 25.8 Å². The van der Waals surface area contributed by atoms with Crippen LogP contribution < -0.4 is 0 Å². The third kappa shape index (κ3) is 3.08. The Bertz CT molecular complexity index is 370. The Kier molecular flexibility index (Phi) is 3.72. The van der Waals surface area contributed by atoms with Crippen molar-refractivity contribution in [3.8, 4) is 0 Å². The zero-order chi connectivity index (χ0) is 12.3. The van der Waals surface area contributed by atoms with Gasteiger partial charge in [-0.25, -0.2) is 0 Å². The monoisotopic (exact) mass is 234 g/mol. The number of rotatable bonds is 4. The first-order chi connectivity index (χ1) is 7.34. The van der Waals surface area contributed by atoms with E-state index in [-0.39, 0.29) is 18.2 Å². The summed E-state index contributed by atoms with van der Waals surface area (Å²) in [6.45, 7) is 3.49. The van der Waals surface area contributed by atoms with Gasteiger partial charge in [-0.15, -0.1) is 0 Å². The van der Waals surface area contributed by atoms with Crippen molar-refractivity contribution in [1.29, 1.82) is 0 Å². The third-order valence-electron chi connectivity index (χ3n) is 2.44. The lowest BCUT2D eigenvalue weighted by molar-refractivity contribution is -0.137. The summed E-state index contributed by atoms with van der Waals surface area (Å²) in [5.41, 5.74) is -0.829. The molecule has 0 radical (unpaired) electrons. The lowest BCUT2D eigenvalue weighted by atomic mass is 10.0. The van der Waals surface area contributed by atoms with E-state index in [0.717, 1.165) is 17.1 Å². The summed E-state index contributed by atoms with van der Waals surface area (Å²) in [7, 11) is 0. The highest BCUT2D eigenvalue weighted by Crippen LogP contribution is 2.28. The first-order valence-electron chi connectivity index (χ1n) is 4.97. The second kappa shape index (κ2) is 4.67. The van der Waals surface area contributed by atoms with Gasteiger partial charge in [0.15, 0.2) is 5.78 Å². The SMILES string of the molecule is CCC(C)C(=O)Cn1cc(C(F)(F)F)cn1. The van der Waals surface area contributed by atoms with E-state index in [1.165, 1.54) is 0 Å². The predicted octanol–water partition coefficient (Wildman–Crippen LogP) is 2.52. The van der Waals surface area contributed by atoms with Gasteiger partial charge >= 0.3 is 6.18 Å². The van der Waals surface area contributed by atoms with Gasteiger partial charge in [0.05, 0.1) is 18.3 Å². The van der Waals surface area contributed by atoms with Crippen molar-refractivity contribution >= 4 is 5.78 Å². The molecule has 0 fully saturated rings. The molecule has 1 atom stereocenters. The van der Waals surface area contributed by atoms with Crippen LogP contribution in [-0.4, -0.2) is 15.6 Å². The summed E-state index contributed by atoms with van der Waals surface area (Å²) in [6.07, 6.45) is -2.16. The summed E-state index contributed by atoms with van der Waals surface area (Å²) < 4.78 is 37.7. The molecule has 1 rings (SSSR count). The summed E-state index contributed by atoms with van der Waals surface area (Å²) >= 11 is 0. The molecule has 0 aliphatic heterocycles. The van der Waals surface area contributed by atoms with E-state index in [0.29, 0.717) is 6.42 Å². The Morgan fingerprint density at radius 2 is 2.19 bits per heavy atom. The molecule has 0 aromatic carbocycles. The molecule has 0 saturated heterocycles. The van der Waals surface area contributed by atoms with E-state index < -0.39 is 11.7 Å². The molecule has 0 N–H and O–H groups in total. The molecular formula is C10H13F3N2O. The minimum absolute atomic E-state index is 0.106. The number of nitrogens with zero attached hydrogens (tertiary/aromatic N) is 2. The minimum Gasteiger partial charge on any atom is -0.297 e. The van der Waals surface area contributed by atoms with Crippen LogP contribution in [0.25, 0.3) is 0 Å². The standard InChI is InChI=1S/C10H13F3N2O/c1-3-7(2)9(16)6-15-5-8(4-14-15)10(11,12)13/h4-5,7H,3,6H2,1-2H3. The highest BCUT2D eigenvalue weighted by Gasteiger charge is 2.32. The highest BCUT2D eigenvalue weighted by atomic mass is 19.4. The fraction of sp³-hybridized carbons (Fsp3) is 0.600. The molecule has 3 nitrogen and oxygen atoms in total. The molecule has 6 heteroatoms. The van der Waals surface area contributed by atoms with E-state index in [1.807, 2.05) is 6.92 Å². The van der Waals surface area contributed by atoms with Crippen LogP contribution in [0.2, 0.25) is 0 Å². The first kappa shape index (κ1) is 12.7. The smallest absolute Gasteiger partial charge is 0.297 e. The van der Waals surface area contributed by atoms with Crippen LogP contribution in [0, 0.1) is 5.92 Å². The maximum Gasteiger partial charge on any atom is 0.419 e.